The van der Waals surface area contributed by atoms with Gasteiger partial charge in [-0.2, -0.15) is 0 Å². The second-order valence-corrected chi connectivity index (χ2v) is 10.5. The number of rotatable bonds is 3. The molecule has 0 unspecified atom stereocenters. The third kappa shape index (κ3) is 13.2. The zero-order valence-corrected chi connectivity index (χ0v) is 23.0. The van der Waals surface area contributed by atoms with Crippen molar-refractivity contribution in [2.45, 2.75) is 0 Å². The van der Waals surface area contributed by atoms with Gasteiger partial charge in [0.2, 0.25) is 0 Å². The Kier molecular flexibility index (Phi) is 23.4. The van der Waals surface area contributed by atoms with Crippen molar-refractivity contribution in [3.8, 4) is 0 Å². The molecule has 0 spiro atoms. The van der Waals surface area contributed by atoms with E-state index >= 15 is 0 Å². The van der Waals surface area contributed by atoms with Gasteiger partial charge in [0, 0.05) is 0 Å². The molecule has 4 N–H and O–H groups in total. The monoisotopic (exact) mass is 518 g/mol. The van der Waals surface area contributed by atoms with Gasteiger partial charge in [0.05, 0.1) is 0 Å². The first-order chi connectivity index (χ1) is 15.5. The second-order valence-electron chi connectivity index (χ2n) is 5.64. The number of hydrogen-bond donors (Lipinski definition) is 4. The molecule has 8 nitrogen and oxygen atoms in total. The molecule has 0 aromatic heterocycles. The molecule has 0 fully saturated rings. The van der Waals surface area contributed by atoms with Crippen LogP contribution in [0.2, 0.25) is 0 Å². The topological polar surface area (TPSA) is 149 Å². The maximum absolute atomic E-state index is 8.57. The van der Waals surface area contributed by atoms with Crippen LogP contribution in [-0.2, 0) is 15.2 Å². The minimum absolute atomic E-state index is 1.46. The summed E-state index contributed by atoms with van der Waals surface area (Å²) in [5.74, 6) is 0. The summed E-state index contributed by atoms with van der Waals surface area (Å²) < 4.78 is 62.7. The van der Waals surface area contributed by atoms with E-state index in [9.17, 15) is 0 Å². The van der Waals surface area contributed by atoms with Gasteiger partial charge in [-0.25, -0.2) is 0 Å². The summed E-state index contributed by atoms with van der Waals surface area (Å²) in [6.45, 7) is 2.44. The van der Waals surface area contributed by atoms with E-state index in [1.807, 2.05) is 0 Å². The Hall–Kier alpha value is -1.38. The van der Waals surface area contributed by atoms with E-state index in [1.54, 1.807) is 0 Å². The fraction of sp³-hybridized carbons (Fsp3) is 0.0526. The molecule has 0 heterocycles. The molecular formula is C19H23Al4O8P. The number of benzene rings is 3. The summed E-state index contributed by atoms with van der Waals surface area (Å²) >= 11 is -6.00. The molecule has 0 atom stereocenters. The van der Waals surface area contributed by atoms with Gasteiger partial charge in [0.25, 0.3) is 0 Å². The van der Waals surface area contributed by atoms with Crippen LogP contribution in [0, 0.1) is 0 Å². The van der Waals surface area contributed by atoms with Crippen molar-refractivity contribution < 1.29 is 31.8 Å². The van der Waals surface area contributed by atoms with Crippen molar-refractivity contribution in [2.75, 3.05) is 6.66 Å². The van der Waals surface area contributed by atoms with Crippen molar-refractivity contribution in [1.29, 1.82) is 0 Å². The van der Waals surface area contributed by atoms with Crippen LogP contribution in [0.3, 0.4) is 0 Å². The van der Waals surface area contributed by atoms with Crippen molar-refractivity contribution in [1.82, 2.24) is 0 Å². The SMILES string of the molecule is C[PH](c1ccccc1)(c1ccccc1)c1ccccc1.[O]=[Al][OH].[O]=[Al][OH].[O]=[Al][OH].[O]=[Al][OH]. The Labute approximate surface area is 213 Å². The van der Waals surface area contributed by atoms with Gasteiger partial charge in [-0.1, -0.05) is 0 Å². The van der Waals surface area contributed by atoms with E-state index in [-0.39, 0.29) is 0 Å². The van der Waals surface area contributed by atoms with Crippen molar-refractivity contribution in [3.63, 3.8) is 0 Å². The molecule has 3 aromatic rings. The molecule has 32 heavy (non-hydrogen) atoms. The standard InChI is InChI=1S/C19H19P.4Al.4H2O.4O/c1-20(17-11-5-2-6-12-17,18-13-7-3-8-14-18)19-15-9-4-10-16-19;;;;;;;;;;;;/h2-16,20H,1H3;;;;;4*1H2;;;;/q;4*+1;;;;;;;;/p-4. The van der Waals surface area contributed by atoms with Crippen molar-refractivity contribution >= 4 is 85.1 Å². The molecule has 0 aliphatic rings. The average molecular weight is 518 g/mol. The van der Waals surface area contributed by atoms with E-state index in [0.717, 1.165) is 0 Å². The Morgan fingerprint density at radius 1 is 0.469 bits per heavy atom. The van der Waals surface area contributed by atoms with Gasteiger partial charge in [-0.05, 0) is 0 Å². The quantitative estimate of drug-likeness (QED) is 0.258. The van der Waals surface area contributed by atoms with E-state index in [0.29, 0.717) is 0 Å². The Morgan fingerprint density at radius 2 is 0.625 bits per heavy atom. The molecule has 164 valence electrons. The summed E-state index contributed by atoms with van der Waals surface area (Å²) in [4.78, 5) is 0. The number of hydrogen-bond acceptors (Lipinski definition) is 4. The average Bonchev–Trinajstić information content (AvgIpc) is 2.82. The third-order valence-electron chi connectivity index (χ3n) is 4.05. The van der Waals surface area contributed by atoms with Crippen LogP contribution in [0.25, 0.3) is 0 Å². The van der Waals surface area contributed by atoms with Gasteiger partial charge in [0.1, 0.15) is 0 Å². The Morgan fingerprint density at radius 3 is 0.781 bits per heavy atom. The van der Waals surface area contributed by atoms with Crippen LogP contribution in [-0.4, -0.2) is 85.2 Å². The van der Waals surface area contributed by atoms with Crippen LogP contribution in [0.4, 0.5) is 0 Å². The van der Waals surface area contributed by atoms with Crippen LogP contribution in [0.15, 0.2) is 91.0 Å². The zero-order valence-electron chi connectivity index (χ0n) is 17.4. The maximum atomic E-state index is 8.57. The first kappa shape index (κ1) is 32.8. The summed E-state index contributed by atoms with van der Waals surface area (Å²) in [5, 5.41) is 4.37. The van der Waals surface area contributed by atoms with Gasteiger partial charge in [0.15, 0.2) is 0 Å². The summed E-state index contributed by atoms with van der Waals surface area (Å²) in [7, 11) is -1.88. The molecular weight excluding hydrogens is 495 g/mol. The van der Waals surface area contributed by atoms with E-state index < -0.39 is 69.2 Å². The predicted octanol–water partition coefficient (Wildman–Crippen LogP) is -0.884. The van der Waals surface area contributed by atoms with Crippen LogP contribution in [0.1, 0.15) is 0 Å². The van der Waals surface area contributed by atoms with Crippen LogP contribution in [0.5, 0.6) is 0 Å². The second kappa shape index (κ2) is 22.8. The fourth-order valence-electron chi connectivity index (χ4n) is 2.81. The summed E-state index contributed by atoms with van der Waals surface area (Å²) in [5.41, 5.74) is 0. The molecule has 0 amide bonds. The van der Waals surface area contributed by atoms with E-state index in [2.05, 4.69) is 97.7 Å². The zero-order chi connectivity index (χ0) is 24.7. The fourth-order valence-corrected chi connectivity index (χ4v) is 6.39. The molecule has 0 radical (unpaired) electrons. The van der Waals surface area contributed by atoms with Gasteiger partial charge in [-0.3, -0.25) is 0 Å². The van der Waals surface area contributed by atoms with E-state index in [4.69, 9.17) is 31.8 Å². The molecule has 0 saturated carbocycles. The molecule has 13 heteroatoms. The third-order valence-corrected chi connectivity index (χ3v) is 8.52. The molecule has 3 aromatic carbocycles. The van der Waals surface area contributed by atoms with Gasteiger partial charge in [-0.15, -0.1) is 0 Å². The molecule has 0 aliphatic carbocycles. The molecule has 0 aliphatic heterocycles. The molecule has 0 bridgehead atoms. The summed E-state index contributed by atoms with van der Waals surface area (Å²) in [6, 6.07) is 32.8. The Bertz CT molecular complexity index is 754. The molecule has 0 saturated heterocycles. The molecule has 3 rings (SSSR count). The van der Waals surface area contributed by atoms with E-state index in [1.165, 1.54) is 15.9 Å². The van der Waals surface area contributed by atoms with Crippen molar-refractivity contribution in [2.24, 2.45) is 0 Å². The van der Waals surface area contributed by atoms with Gasteiger partial charge >= 0.3 is 215 Å². The van der Waals surface area contributed by atoms with Crippen molar-refractivity contribution in [3.05, 3.63) is 91.0 Å². The van der Waals surface area contributed by atoms with Crippen LogP contribution >= 0.6 is 7.26 Å². The first-order valence-corrected chi connectivity index (χ1v) is 15.4. The van der Waals surface area contributed by atoms with Crippen LogP contribution < -0.4 is 15.9 Å². The summed E-state index contributed by atoms with van der Waals surface area (Å²) in [6.07, 6.45) is 0. The minimum atomic E-state index is -1.88. The normalized spacial score (nSPS) is 8.53. The van der Waals surface area contributed by atoms with Gasteiger partial charge < -0.3 is 0 Å². The Balaban J connectivity index is 0. The predicted molar refractivity (Wildman–Crippen MR) is 127 cm³/mol. The first-order valence-electron chi connectivity index (χ1n) is 8.96.